The van der Waals surface area contributed by atoms with Crippen molar-refractivity contribution < 1.29 is 9.53 Å². The zero-order valence-electron chi connectivity index (χ0n) is 16.5. The van der Waals surface area contributed by atoms with Crippen LogP contribution in [0.3, 0.4) is 0 Å². The Morgan fingerprint density at radius 3 is 2.79 bits per heavy atom. The summed E-state index contributed by atoms with van der Waals surface area (Å²) in [6, 6.07) is 8.06. The summed E-state index contributed by atoms with van der Waals surface area (Å²) < 4.78 is 8.52. The number of fused-ring (bicyclic) bond motifs is 1. The van der Waals surface area contributed by atoms with Gasteiger partial charge in [0.15, 0.2) is 5.13 Å². The first-order valence-electron chi connectivity index (χ1n) is 9.61. The van der Waals surface area contributed by atoms with Crippen LogP contribution in [0.2, 0.25) is 0 Å². The number of ether oxygens (including phenoxy) is 1. The topological polar surface area (TPSA) is 63.5 Å². The Morgan fingerprint density at radius 1 is 1.32 bits per heavy atom. The van der Waals surface area contributed by atoms with Crippen molar-refractivity contribution >= 4 is 32.6 Å². The highest BCUT2D eigenvalue weighted by molar-refractivity contribution is 7.22. The SMILES string of the molecule is CCOc1cccc2sc(N3CCC(N(C)C(=O)c4ccn(C)n4)CC3)nc12. The second-order valence-electron chi connectivity index (χ2n) is 7.04. The molecule has 1 amide bonds. The molecule has 1 aliphatic heterocycles. The summed E-state index contributed by atoms with van der Waals surface area (Å²) in [4.78, 5) is 21.6. The number of piperidine rings is 1. The smallest absolute Gasteiger partial charge is 0.274 e. The van der Waals surface area contributed by atoms with Crippen LogP contribution in [0.4, 0.5) is 5.13 Å². The molecule has 0 N–H and O–H groups in total. The highest BCUT2D eigenvalue weighted by Gasteiger charge is 2.28. The number of carbonyl (C=O) groups is 1. The summed E-state index contributed by atoms with van der Waals surface area (Å²) >= 11 is 1.70. The van der Waals surface area contributed by atoms with E-state index in [9.17, 15) is 4.79 Å². The molecule has 1 saturated heterocycles. The minimum absolute atomic E-state index is 0.0135. The van der Waals surface area contributed by atoms with Gasteiger partial charge in [-0.25, -0.2) is 4.98 Å². The largest absolute Gasteiger partial charge is 0.492 e. The van der Waals surface area contributed by atoms with Gasteiger partial charge in [-0.05, 0) is 38.0 Å². The molecule has 148 valence electrons. The number of rotatable bonds is 5. The predicted molar refractivity (Wildman–Crippen MR) is 111 cm³/mol. The van der Waals surface area contributed by atoms with Gasteiger partial charge in [-0.3, -0.25) is 9.48 Å². The minimum Gasteiger partial charge on any atom is -0.492 e. The third kappa shape index (κ3) is 3.56. The van der Waals surface area contributed by atoms with E-state index in [2.05, 4.69) is 16.1 Å². The van der Waals surface area contributed by atoms with Crippen LogP contribution in [-0.2, 0) is 7.05 Å². The Labute approximate surface area is 168 Å². The number of carbonyl (C=O) groups excluding carboxylic acids is 1. The molecular formula is C20H25N5O2S. The van der Waals surface area contributed by atoms with E-state index < -0.39 is 0 Å². The molecule has 1 fully saturated rings. The second-order valence-corrected chi connectivity index (χ2v) is 8.05. The number of benzene rings is 1. The van der Waals surface area contributed by atoms with Gasteiger partial charge >= 0.3 is 0 Å². The van der Waals surface area contributed by atoms with Gasteiger partial charge in [0.25, 0.3) is 5.91 Å². The molecule has 0 bridgehead atoms. The highest BCUT2D eigenvalue weighted by atomic mass is 32.1. The van der Waals surface area contributed by atoms with E-state index in [1.54, 1.807) is 28.3 Å². The van der Waals surface area contributed by atoms with E-state index in [1.807, 2.05) is 38.1 Å². The van der Waals surface area contributed by atoms with E-state index in [0.717, 1.165) is 47.0 Å². The van der Waals surface area contributed by atoms with Crippen LogP contribution in [0.25, 0.3) is 10.2 Å². The number of para-hydroxylation sites is 1. The molecule has 1 aromatic carbocycles. The molecule has 2 aromatic heterocycles. The van der Waals surface area contributed by atoms with E-state index in [-0.39, 0.29) is 11.9 Å². The van der Waals surface area contributed by atoms with Crippen LogP contribution in [-0.4, -0.2) is 58.4 Å². The van der Waals surface area contributed by atoms with Gasteiger partial charge in [-0.15, -0.1) is 0 Å². The molecule has 4 rings (SSSR count). The lowest BCUT2D eigenvalue weighted by Crippen LogP contribution is -2.45. The summed E-state index contributed by atoms with van der Waals surface area (Å²) in [5.41, 5.74) is 1.44. The first-order valence-corrected chi connectivity index (χ1v) is 10.4. The van der Waals surface area contributed by atoms with Crippen LogP contribution in [0.15, 0.2) is 30.5 Å². The van der Waals surface area contributed by atoms with Gasteiger partial charge < -0.3 is 14.5 Å². The highest BCUT2D eigenvalue weighted by Crippen LogP contribution is 2.35. The number of hydrogen-bond acceptors (Lipinski definition) is 6. The van der Waals surface area contributed by atoms with Crippen LogP contribution >= 0.6 is 11.3 Å². The number of thiazole rings is 1. The molecule has 0 atom stereocenters. The van der Waals surface area contributed by atoms with Gasteiger partial charge in [0.1, 0.15) is 17.0 Å². The van der Waals surface area contributed by atoms with Crippen LogP contribution in [0, 0.1) is 0 Å². The standard InChI is InChI=1S/C20H25N5O2S/c1-4-27-16-6-5-7-17-18(16)21-20(28-17)25-12-8-14(9-13-25)24(3)19(26)15-10-11-23(2)22-15/h5-7,10-11,14H,4,8-9,12-13H2,1-3H3. The summed E-state index contributed by atoms with van der Waals surface area (Å²) in [6.07, 6.45) is 3.64. The summed E-state index contributed by atoms with van der Waals surface area (Å²) in [5.74, 6) is 0.832. The number of aryl methyl sites for hydroxylation is 1. The number of nitrogens with zero attached hydrogens (tertiary/aromatic N) is 5. The summed E-state index contributed by atoms with van der Waals surface area (Å²) in [5, 5.41) is 5.26. The molecule has 0 unspecified atom stereocenters. The normalized spacial score (nSPS) is 15.2. The van der Waals surface area contributed by atoms with Crippen LogP contribution in [0.1, 0.15) is 30.3 Å². The molecular weight excluding hydrogens is 374 g/mol. The quantitative estimate of drug-likeness (QED) is 0.659. The first-order chi connectivity index (χ1) is 13.6. The van der Waals surface area contributed by atoms with E-state index in [4.69, 9.17) is 9.72 Å². The predicted octanol–water partition coefficient (Wildman–Crippen LogP) is 3.17. The molecule has 1 aliphatic rings. The van der Waals surface area contributed by atoms with Crippen molar-refractivity contribution in [3.05, 3.63) is 36.2 Å². The third-order valence-electron chi connectivity index (χ3n) is 5.21. The molecule has 7 nitrogen and oxygen atoms in total. The molecule has 0 aliphatic carbocycles. The van der Waals surface area contributed by atoms with Crippen LogP contribution in [0.5, 0.6) is 5.75 Å². The lowest BCUT2D eigenvalue weighted by molar-refractivity contribution is 0.0702. The fourth-order valence-corrected chi connectivity index (χ4v) is 4.67. The Hall–Kier alpha value is -2.61. The molecule has 3 aromatic rings. The summed E-state index contributed by atoms with van der Waals surface area (Å²) in [6.45, 7) is 4.39. The summed E-state index contributed by atoms with van der Waals surface area (Å²) in [7, 11) is 3.70. The Kier molecular flexibility index (Phi) is 5.21. The first kappa shape index (κ1) is 18.7. The van der Waals surface area contributed by atoms with Crippen molar-refractivity contribution in [2.45, 2.75) is 25.8 Å². The van der Waals surface area contributed by atoms with Crippen molar-refractivity contribution in [1.82, 2.24) is 19.7 Å². The fourth-order valence-electron chi connectivity index (χ4n) is 3.64. The lowest BCUT2D eigenvalue weighted by atomic mass is 10.0. The van der Waals surface area contributed by atoms with Crippen LogP contribution < -0.4 is 9.64 Å². The van der Waals surface area contributed by atoms with Gasteiger partial charge in [0.2, 0.25) is 0 Å². The van der Waals surface area contributed by atoms with Gasteiger partial charge in [-0.2, -0.15) is 5.10 Å². The maximum atomic E-state index is 12.6. The van der Waals surface area contributed by atoms with E-state index in [1.165, 1.54) is 0 Å². The molecule has 3 heterocycles. The minimum atomic E-state index is -0.0135. The molecule has 28 heavy (non-hydrogen) atoms. The Balaban J connectivity index is 1.43. The zero-order chi connectivity index (χ0) is 19.7. The number of amides is 1. The average Bonchev–Trinajstić information content (AvgIpc) is 3.34. The third-order valence-corrected chi connectivity index (χ3v) is 6.29. The maximum absolute atomic E-state index is 12.6. The molecule has 8 heteroatoms. The van der Waals surface area contributed by atoms with E-state index in [0.29, 0.717) is 12.3 Å². The van der Waals surface area contributed by atoms with E-state index >= 15 is 0 Å². The molecule has 0 spiro atoms. The number of anilines is 1. The lowest BCUT2D eigenvalue weighted by Gasteiger charge is -2.36. The van der Waals surface area contributed by atoms with Gasteiger partial charge in [0.05, 0.1) is 11.3 Å². The maximum Gasteiger partial charge on any atom is 0.274 e. The monoisotopic (exact) mass is 399 g/mol. The van der Waals surface area contributed by atoms with Crippen molar-refractivity contribution in [1.29, 1.82) is 0 Å². The van der Waals surface area contributed by atoms with Crippen molar-refractivity contribution in [2.24, 2.45) is 7.05 Å². The van der Waals surface area contributed by atoms with Crippen molar-refractivity contribution in [3.8, 4) is 5.75 Å². The number of hydrogen-bond donors (Lipinski definition) is 0. The van der Waals surface area contributed by atoms with Gasteiger partial charge in [-0.1, -0.05) is 17.4 Å². The Bertz CT molecular complexity index is 974. The Morgan fingerprint density at radius 2 is 2.11 bits per heavy atom. The van der Waals surface area contributed by atoms with Gasteiger partial charge in [0, 0.05) is 39.4 Å². The van der Waals surface area contributed by atoms with Crippen molar-refractivity contribution in [2.75, 3.05) is 31.6 Å². The molecule has 0 radical (unpaired) electrons. The average molecular weight is 400 g/mol. The number of aromatic nitrogens is 3. The van der Waals surface area contributed by atoms with Crippen molar-refractivity contribution in [3.63, 3.8) is 0 Å². The fraction of sp³-hybridized carbons (Fsp3) is 0.450. The zero-order valence-corrected chi connectivity index (χ0v) is 17.3. The second kappa shape index (κ2) is 7.79. The molecule has 0 saturated carbocycles.